The van der Waals surface area contributed by atoms with Crippen LogP contribution in [0.15, 0.2) is 21.9 Å². The van der Waals surface area contributed by atoms with E-state index in [1.54, 1.807) is 0 Å². The minimum atomic E-state index is -0.860. The molecule has 1 aliphatic rings. The first-order valence-electron chi connectivity index (χ1n) is 5.96. The SMILES string of the molecule is O=c1ccn([C@H]2C[C@H](O)[C@@H](CO)O2)c(=O)n1C#CCS. The van der Waals surface area contributed by atoms with Crippen LogP contribution in [0, 0.1) is 12.0 Å². The average molecular weight is 298 g/mol. The lowest BCUT2D eigenvalue weighted by Crippen LogP contribution is -2.38. The van der Waals surface area contributed by atoms with Crippen LogP contribution in [0.25, 0.3) is 0 Å². The summed E-state index contributed by atoms with van der Waals surface area (Å²) in [4.78, 5) is 23.7. The highest BCUT2D eigenvalue weighted by atomic mass is 32.1. The molecule has 0 unspecified atom stereocenters. The lowest BCUT2D eigenvalue weighted by Gasteiger charge is -2.14. The molecule has 0 aliphatic carbocycles. The Morgan fingerprint density at radius 2 is 2.25 bits per heavy atom. The van der Waals surface area contributed by atoms with Crippen LogP contribution in [0.3, 0.4) is 0 Å². The van der Waals surface area contributed by atoms with Gasteiger partial charge in [0.25, 0.3) is 5.56 Å². The van der Waals surface area contributed by atoms with E-state index in [0.29, 0.717) is 0 Å². The van der Waals surface area contributed by atoms with Crippen molar-refractivity contribution >= 4 is 12.6 Å². The van der Waals surface area contributed by atoms with Gasteiger partial charge in [-0.05, 0) is 0 Å². The van der Waals surface area contributed by atoms with Gasteiger partial charge in [0, 0.05) is 24.7 Å². The molecule has 108 valence electrons. The van der Waals surface area contributed by atoms with Crippen molar-refractivity contribution in [1.82, 2.24) is 9.13 Å². The fourth-order valence-corrected chi connectivity index (χ4v) is 2.05. The van der Waals surface area contributed by atoms with Gasteiger partial charge < -0.3 is 14.9 Å². The lowest BCUT2D eigenvalue weighted by molar-refractivity contribution is -0.0461. The Bertz CT molecular complexity index is 656. The summed E-state index contributed by atoms with van der Waals surface area (Å²) in [5.41, 5.74) is -1.19. The van der Waals surface area contributed by atoms with Crippen molar-refractivity contribution in [2.75, 3.05) is 12.4 Å². The Morgan fingerprint density at radius 3 is 2.85 bits per heavy atom. The molecule has 20 heavy (non-hydrogen) atoms. The maximum atomic E-state index is 12.2. The van der Waals surface area contributed by atoms with Gasteiger partial charge in [-0.15, -0.1) is 0 Å². The highest BCUT2D eigenvalue weighted by Gasteiger charge is 2.35. The summed E-state index contributed by atoms with van der Waals surface area (Å²) >= 11 is 3.89. The van der Waals surface area contributed by atoms with Gasteiger partial charge in [0.2, 0.25) is 0 Å². The second kappa shape index (κ2) is 6.28. The van der Waals surface area contributed by atoms with Gasteiger partial charge >= 0.3 is 5.69 Å². The number of thiol groups is 1. The summed E-state index contributed by atoms with van der Waals surface area (Å²) in [7, 11) is 0. The van der Waals surface area contributed by atoms with Crippen molar-refractivity contribution in [2.24, 2.45) is 0 Å². The van der Waals surface area contributed by atoms with E-state index in [1.165, 1.54) is 16.8 Å². The molecule has 0 amide bonds. The van der Waals surface area contributed by atoms with Crippen molar-refractivity contribution in [3.63, 3.8) is 0 Å². The topological polar surface area (TPSA) is 93.7 Å². The van der Waals surface area contributed by atoms with Crippen LogP contribution in [-0.2, 0) is 4.74 Å². The zero-order valence-electron chi connectivity index (χ0n) is 10.5. The normalized spacial score (nSPS) is 25.2. The predicted octanol–water partition coefficient (Wildman–Crippen LogP) is -1.61. The third-order valence-electron chi connectivity index (χ3n) is 2.97. The molecule has 0 saturated carbocycles. The number of aromatic nitrogens is 2. The summed E-state index contributed by atoms with van der Waals surface area (Å²) in [6.07, 6.45) is -0.889. The zero-order valence-corrected chi connectivity index (χ0v) is 11.4. The molecule has 7 nitrogen and oxygen atoms in total. The lowest BCUT2D eigenvalue weighted by atomic mass is 10.2. The smallest absolute Gasteiger partial charge is 0.345 e. The van der Waals surface area contributed by atoms with Gasteiger partial charge in [-0.2, -0.15) is 17.2 Å². The van der Waals surface area contributed by atoms with Gasteiger partial charge in [-0.3, -0.25) is 9.36 Å². The third-order valence-corrected chi connectivity index (χ3v) is 3.13. The zero-order chi connectivity index (χ0) is 14.7. The highest BCUT2D eigenvalue weighted by molar-refractivity contribution is 7.80. The molecule has 2 N–H and O–H groups in total. The van der Waals surface area contributed by atoms with Crippen LogP contribution in [0.4, 0.5) is 0 Å². The van der Waals surface area contributed by atoms with E-state index in [9.17, 15) is 14.7 Å². The van der Waals surface area contributed by atoms with Crippen molar-refractivity contribution in [1.29, 1.82) is 0 Å². The first-order valence-corrected chi connectivity index (χ1v) is 6.60. The summed E-state index contributed by atoms with van der Waals surface area (Å²) < 4.78 is 7.31. The van der Waals surface area contributed by atoms with Gasteiger partial charge in [0.15, 0.2) is 0 Å². The Labute approximate surface area is 119 Å². The van der Waals surface area contributed by atoms with E-state index in [2.05, 4.69) is 24.6 Å². The second-order valence-corrected chi connectivity index (χ2v) is 4.56. The Kier molecular flexibility index (Phi) is 4.67. The maximum Gasteiger partial charge on any atom is 0.345 e. The van der Waals surface area contributed by atoms with Crippen LogP contribution < -0.4 is 11.2 Å². The van der Waals surface area contributed by atoms with Crippen LogP contribution >= 0.6 is 12.6 Å². The first kappa shape index (κ1) is 14.9. The van der Waals surface area contributed by atoms with Crippen molar-refractivity contribution in [3.05, 3.63) is 33.1 Å². The predicted molar refractivity (Wildman–Crippen MR) is 73.6 cm³/mol. The average Bonchev–Trinajstić information content (AvgIpc) is 2.79. The molecule has 1 saturated heterocycles. The number of rotatable bonds is 2. The molecule has 1 aliphatic heterocycles. The standard InChI is InChI=1S/C12H14N2O5S/c15-7-9-8(16)6-11(19-9)14-4-2-10(17)13(12(14)18)3-1-5-20/h2,4,8-9,11,15-16,20H,5-7H2/t8-,9+,11+/m0/s1. The largest absolute Gasteiger partial charge is 0.394 e. The number of aliphatic hydroxyl groups excluding tert-OH is 2. The fourth-order valence-electron chi connectivity index (χ4n) is 1.98. The Balaban J connectivity index is 2.40. The first-order chi connectivity index (χ1) is 9.58. The summed E-state index contributed by atoms with van der Waals surface area (Å²) in [6.45, 7) is -0.342. The molecule has 1 aromatic rings. The molecule has 8 heteroatoms. The molecular formula is C12H14N2O5S. The number of ether oxygens (including phenoxy) is 1. The molecule has 2 rings (SSSR count). The molecule has 1 fully saturated rings. The van der Waals surface area contributed by atoms with Crippen molar-refractivity contribution in [2.45, 2.75) is 24.9 Å². The van der Waals surface area contributed by atoms with E-state index in [4.69, 9.17) is 9.84 Å². The van der Waals surface area contributed by atoms with E-state index in [-0.39, 0.29) is 18.8 Å². The van der Waals surface area contributed by atoms with Gasteiger partial charge in [-0.1, -0.05) is 5.92 Å². The molecule has 0 bridgehead atoms. The molecule has 0 radical (unpaired) electrons. The minimum Gasteiger partial charge on any atom is -0.394 e. The number of nitrogens with zero attached hydrogens (tertiary/aromatic N) is 2. The Hall–Kier alpha value is -1.53. The van der Waals surface area contributed by atoms with Crippen LogP contribution in [0.2, 0.25) is 0 Å². The molecule has 2 heterocycles. The molecule has 3 atom stereocenters. The van der Waals surface area contributed by atoms with Crippen LogP contribution in [0.1, 0.15) is 12.6 Å². The summed E-state index contributed by atoms with van der Waals surface area (Å²) in [5, 5.41) is 18.7. The van der Waals surface area contributed by atoms with E-state index in [1.807, 2.05) is 0 Å². The number of hydrogen-bond acceptors (Lipinski definition) is 6. The fraction of sp³-hybridized carbons (Fsp3) is 0.500. The summed E-state index contributed by atoms with van der Waals surface area (Å²) in [6, 6.07) is 3.60. The van der Waals surface area contributed by atoms with Crippen LogP contribution in [-0.4, -0.2) is 43.9 Å². The number of hydrogen-bond donors (Lipinski definition) is 3. The number of aliphatic hydroxyl groups is 2. The van der Waals surface area contributed by atoms with E-state index < -0.39 is 29.7 Å². The Morgan fingerprint density at radius 1 is 1.50 bits per heavy atom. The molecule has 1 aromatic heterocycles. The molecular weight excluding hydrogens is 284 g/mol. The quantitative estimate of drug-likeness (QED) is 0.451. The highest BCUT2D eigenvalue weighted by Crippen LogP contribution is 2.26. The van der Waals surface area contributed by atoms with Crippen LogP contribution in [0.5, 0.6) is 0 Å². The molecule has 0 spiro atoms. The second-order valence-electron chi connectivity index (χ2n) is 4.24. The maximum absolute atomic E-state index is 12.2. The van der Waals surface area contributed by atoms with E-state index >= 15 is 0 Å². The monoisotopic (exact) mass is 298 g/mol. The van der Waals surface area contributed by atoms with Gasteiger partial charge in [0.05, 0.1) is 18.5 Å². The van der Waals surface area contributed by atoms with E-state index in [0.717, 1.165) is 4.57 Å². The molecule has 0 aromatic carbocycles. The van der Waals surface area contributed by atoms with Gasteiger partial charge in [0.1, 0.15) is 12.3 Å². The minimum absolute atomic E-state index is 0.156. The van der Waals surface area contributed by atoms with Crippen molar-refractivity contribution < 1.29 is 14.9 Å². The van der Waals surface area contributed by atoms with Crippen molar-refractivity contribution in [3.8, 4) is 12.0 Å². The van der Waals surface area contributed by atoms with Gasteiger partial charge in [-0.25, -0.2) is 4.79 Å². The third kappa shape index (κ3) is 2.81. The summed E-state index contributed by atoms with van der Waals surface area (Å²) in [5.74, 6) is 2.74.